The average molecular weight is 327 g/mol. The number of methoxy groups -OCH3 is 1. The van der Waals surface area contributed by atoms with Gasteiger partial charge in [0.2, 0.25) is 0 Å². The van der Waals surface area contributed by atoms with E-state index in [9.17, 15) is 8.78 Å². The summed E-state index contributed by atoms with van der Waals surface area (Å²) in [6.07, 6.45) is 0.517. The molecule has 0 fully saturated rings. The van der Waals surface area contributed by atoms with E-state index >= 15 is 0 Å². The molecule has 0 amide bonds. The Kier molecular flexibility index (Phi) is 4.76. The Balaban J connectivity index is 2.06. The van der Waals surface area contributed by atoms with Gasteiger partial charge in [0.25, 0.3) is 0 Å². The van der Waals surface area contributed by atoms with Crippen LogP contribution in [0, 0.1) is 11.6 Å². The van der Waals surface area contributed by atoms with Crippen LogP contribution in [0.2, 0.25) is 0 Å². The molecular weight excluding hydrogens is 308 g/mol. The van der Waals surface area contributed by atoms with E-state index in [0.717, 1.165) is 28.2 Å². The van der Waals surface area contributed by atoms with E-state index < -0.39 is 11.6 Å². The summed E-state index contributed by atoms with van der Waals surface area (Å²) < 4.78 is 32.8. The third-order valence-electron chi connectivity index (χ3n) is 4.35. The minimum absolute atomic E-state index is 0.259. The number of benzene rings is 3. The molecule has 124 valence electrons. The molecule has 0 radical (unpaired) electrons. The minimum Gasteiger partial charge on any atom is -0.496 e. The first-order valence-electron chi connectivity index (χ1n) is 7.83. The molecule has 24 heavy (non-hydrogen) atoms. The van der Waals surface area contributed by atoms with E-state index in [1.165, 1.54) is 12.1 Å². The first-order chi connectivity index (χ1) is 11.6. The molecule has 3 aromatic rings. The molecule has 2 N–H and O–H groups in total. The van der Waals surface area contributed by atoms with Crippen LogP contribution in [-0.2, 0) is 6.42 Å². The van der Waals surface area contributed by atoms with Crippen molar-refractivity contribution in [2.75, 3.05) is 13.7 Å². The lowest BCUT2D eigenvalue weighted by Gasteiger charge is -2.19. The zero-order chi connectivity index (χ0) is 17.1. The molecule has 0 bridgehead atoms. The van der Waals surface area contributed by atoms with Gasteiger partial charge in [-0.3, -0.25) is 0 Å². The van der Waals surface area contributed by atoms with Gasteiger partial charge in [-0.05, 0) is 41.4 Å². The van der Waals surface area contributed by atoms with Crippen LogP contribution in [0.5, 0.6) is 5.75 Å². The second kappa shape index (κ2) is 6.97. The fraction of sp³-hybridized carbons (Fsp3) is 0.200. The van der Waals surface area contributed by atoms with E-state index in [1.807, 2.05) is 36.4 Å². The molecule has 0 spiro atoms. The topological polar surface area (TPSA) is 35.2 Å². The van der Waals surface area contributed by atoms with E-state index in [-0.39, 0.29) is 12.5 Å². The smallest absolute Gasteiger partial charge is 0.129 e. The summed E-state index contributed by atoms with van der Waals surface area (Å²) in [5.41, 5.74) is 7.30. The minimum atomic E-state index is -0.588. The highest BCUT2D eigenvalue weighted by atomic mass is 19.1. The normalized spacial score (nSPS) is 12.3. The van der Waals surface area contributed by atoms with Crippen molar-refractivity contribution < 1.29 is 13.5 Å². The van der Waals surface area contributed by atoms with Gasteiger partial charge in [-0.25, -0.2) is 8.78 Å². The summed E-state index contributed by atoms with van der Waals surface area (Å²) in [5, 5.41) is 2.14. The van der Waals surface area contributed by atoms with Crippen molar-refractivity contribution in [2.24, 2.45) is 5.73 Å². The SMILES string of the molecule is COc1ccc2ccccc2c1CC(CN)c1ccc(F)cc1F. The molecule has 0 aliphatic heterocycles. The lowest BCUT2D eigenvalue weighted by molar-refractivity contribution is 0.408. The van der Waals surface area contributed by atoms with Gasteiger partial charge in [0.05, 0.1) is 7.11 Å². The van der Waals surface area contributed by atoms with Gasteiger partial charge in [0.1, 0.15) is 17.4 Å². The largest absolute Gasteiger partial charge is 0.496 e. The third-order valence-corrected chi connectivity index (χ3v) is 4.35. The van der Waals surface area contributed by atoms with Gasteiger partial charge in [0, 0.05) is 17.5 Å². The summed E-state index contributed by atoms with van der Waals surface area (Å²) in [6, 6.07) is 15.5. The number of hydrogen-bond donors (Lipinski definition) is 1. The maximum Gasteiger partial charge on any atom is 0.129 e. The van der Waals surface area contributed by atoms with Crippen LogP contribution in [0.1, 0.15) is 17.0 Å². The van der Waals surface area contributed by atoms with Crippen molar-refractivity contribution in [3.05, 3.63) is 77.4 Å². The first-order valence-corrected chi connectivity index (χ1v) is 7.83. The van der Waals surface area contributed by atoms with Crippen LogP contribution in [0.25, 0.3) is 10.8 Å². The van der Waals surface area contributed by atoms with Crippen molar-refractivity contribution in [3.63, 3.8) is 0 Å². The maximum atomic E-state index is 14.2. The van der Waals surface area contributed by atoms with Crippen molar-refractivity contribution in [2.45, 2.75) is 12.3 Å². The quantitative estimate of drug-likeness (QED) is 0.753. The van der Waals surface area contributed by atoms with Crippen molar-refractivity contribution in [3.8, 4) is 5.75 Å². The first kappa shape index (κ1) is 16.4. The van der Waals surface area contributed by atoms with Crippen molar-refractivity contribution >= 4 is 10.8 Å². The van der Waals surface area contributed by atoms with Gasteiger partial charge < -0.3 is 10.5 Å². The lowest BCUT2D eigenvalue weighted by Crippen LogP contribution is -2.17. The van der Waals surface area contributed by atoms with E-state index in [2.05, 4.69) is 0 Å². The molecule has 0 heterocycles. The molecule has 4 heteroatoms. The van der Waals surface area contributed by atoms with E-state index in [4.69, 9.17) is 10.5 Å². The molecule has 3 rings (SSSR count). The van der Waals surface area contributed by atoms with Gasteiger partial charge in [0.15, 0.2) is 0 Å². The molecule has 0 aromatic heterocycles. The second-order valence-electron chi connectivity index (χ2n) is 5.77. The number of hydrogen-bond acceptors (Lipinski definition) is 2. The number of ether oxygens (including phenoxy) is 1. The second-order valence-corrected chi connectivity index (χ2v) is 5.77. The van der Waals surface area contributed by atoms with Crippen LogP contribution in [0.15, 0.2) is 54.6 Å². The lowest BCUT2D eigenvalue weighted by atomic mass is 9.89. The highest BCUT2D eigenvalue weighted by Gasteiger charge is 2.19. The summed E-state index contributed by atoms with van der Waals surface area (Å²) in [6.45, 7) is 0.259. The highest BCUT2D eigenvalue weighted by Crippen LogP contribution is 2.33. The van der Waals surface area contributed by atoms with Crippen molar-refractivity contribution in [1.29, 1.82) is 0 Å². The summed E-state index contributed by atoms with van der Waals surface area (Å²) in [7, 11) is 1.61. The fourth-order valence-electron chi connectivity index (χ4n) is 3.12. The molecule has 0 saturated carbocycles. The molecule has 1 unspecified atom stereocenters. The van der Waals surface area contributed by atoms with Gasteiger partial charge in [-0.2, -0.15) is 0 Å². The number of nitrogens with two attached hydrogens (primary N) is 1. The average Bonchev–Trinajstić information content (AvgIpc) is 2.60. The summed E-state index contributed by atoms with van der Waals surface area (Å²) >= 11 is 0. The number of fused-ring (bicyclic) bond motifs is 1. The van der Waals surface area contributed by atoms with Crippen LogP contribution in [0.4, 0.5) is 8.78 Å². The molecule has 3 aromatic carbocycles. The Morgan fingerprint density at radius 1 is 1.04 bits per heavy atom. The van der Waals surface area contributed by atoms with E-state index in [0.29, 0.717) is 12.0 Å². The Labute approximate surface area is 139 Å². The third kappa shape index (κ3) is 3.10. The summed E-state index contributed by atoms with van der Waals surface area (Å²) in [4.78, 5) is 0. The zero-order valence-corrected chi connectivity index (χ0v) is 13.4. The molecule has 0 aliphatic rings. The van der Waals surface area contributed by atoms with Gasteiger partial charge >= 0.3 is 0 Å². The Morgan fingerprint density at radius 3 is 2.54 bits per heavy atom. The molecule has 1 atom stereocenters. The number of halogens is 2. The van der Waals surface area contributed by atoms with Crippen LogP contribution in [-0.4, -0.2) is 13.7 Å². The molecule has 0 saturated heterocycles. The van der Waals surface area contributed by atoms with Crippen LogP contribution >= 0.6 is 0 Å². The molecule has 0 aliphatic carbocycles. The Hall–Kier alpha value is -2.46. The predicted molar refractivity (Wildman–Crippen MR) is 92.4 cm³/mol. The zero-order valence-electron chi connectivity index (χ0n) is 13.4. The molecular formula is C20H19F2NO. The highest BCUT2D eigenvalue weighted by molar-refractivity contribution is 5.87. The fourth-order valence-corrected chi connectivity index (χ4v) is 3.12. The Morgan fingerprint density at radius 2 is 1.83 bits per heavy atom. The summed E-state index contributed by atoms with van der Waals surface area (Å²) in [5.74, 6) is -0.667. The van der Waals surface area contributed by atoms with Crippen LogP contribution < -0.4 is 10.5 Å². The van der Waals surface area contributed by atoms with Crippen molar-refractivity contribution in [1.82, 2.24) is 0 Å². The monoisotopic (exact) mass is 327 g/mol. The molecule has 2 nitrogen and oxygen atoms in total. The number of rotatable bonds is 5. The Bertz CT molecular complexity index is 863. The van der Waals surface area contributed by atoms with Gasteiger partial charge in [-0.15, -0.1) is 0 Å². The van der Waals surface area contributed by atoms with E-state index in [1.54, 1.807) is 7.11 Å². The standard InChI is InChI=1S/C20H19F2NO/c1-24-20-9-6-13-4-2-3-5-16(13)18(20)10-14(12-23)17-8-7-15(21)11-19(17)22/h2-9,11,14H,10,12,23H2,1H3. The van der Waals surface area contributed by atoms with Crippen LogP contribution in [0.3, 0.4) is 0 Å². The predicted octanol–water partition coefficient (Wildman–Crippen LogP) is 4.41. The van der Waals surface area contributed by atoms with Gasteiger partial charge in [-0.1, -0.05) is 36.4 Å². The maximum absolute atomic E-state index is 14.2.